The van der Waals surface area contributed by atoms with E-state index in [-0.39, 0.29) is 11.9 Å². The molecule has 3 rings (SSSR count). The first-order chi connectivity index (χ1) is 9.65. The van der Waals surface area contributed by atoms with Crippen LogP contribution < -0.4 is 5.73 Å². The number of rotatable bonds is 5. The number of carbonyl (C=O) groups is 1. The number of nitrogens with two attached hydrogens (primary N) is 1. The molecule has 0 bridgehead atoms. The van der Waals surface area contributed by atoms with Crippen molar-refractivity contribution in [2.75, 3.05) is 6.54 Å². The summed E-state index contributed by atoms with van der Waals surface area (Å²) in [7, 11) is 0. The largest absolute Gasteiger partial charge is 0.369 e. The predicted molar refractivity (Wildman–Crippen MR) is 81.3 cm³/mol. The SMILES string of the molecule is C[C@H](c1ccc2ccccc2c1)N(CC(N)=O)C1CC1. The molecule has 1 saturated carbocycles. The third-order valence-corrected chi connectivity index (χ3v) is 4.11. The van der Waals surface area contributed by atoms with Gasteiger partial charge >= 0.3 is 0 Å². The Morgan fingerprint density at radius 2 is 1.95 bits per heavy atom. The van der Waals surface area contributed by atoms with Crippen LogP contribution in [0.5, 0.6) is 0 Å². The Bertz CT molecular complexity index is 634. The number of carbonyl (C=O) groups excluding carboxylic acids is 1. The molecule has 0 saturated heterocycles. The van der Waals surface area contributed by atoms with Gasteiger partial charge in [0.2, 0.25) is 5.91 Å². The van der Waals surface area contributed by atoms with Gasteiger partial charge in [0.05, 0.1) is 6.54 Å². The minimum absolute atomic E-state index is 0.222. The van der Waals surface area contributed by atoms with Gasteiger partial charge in [-0.2, -0.15) is 0 Å². The van der Waals surface area contributed by atoms with Gasteiger partial charge in [-0.15, -0.1) is 0 Å². The fourth-order valence-electron chi connectivity index (χ4n) is 2.83. The molecule has 0 aliphatic heterocycles. The van der Waals surface area contributed by atoms with E-state index in [1.54, 1.807) is 0 Å². The number of fused-ring (bicyclic) bond motifs is 1. The summed E-state index contributed by atoms with van der Waals surface area (Å²) >= 11 is 0. The van der Waals surface area contributed by atoms with E-state index in [4.69, 9.17) is 5.73 Å². The van der Waals surface area contributed by atoms with Crippen LogP contribution in [0.3, 0.4) is 0 Å². The van der Waals surface area contributed by atoms with Gasteiger partial charge in [-0.3, -0.25) is 9.69 Å². The molecule has 0 spiro atoms. The first kappa shape index (κ1) is 13.1. The molecule has 3 nitrogen and oxygen atoms in total. The van der Waals surface area contributed by atoms with Crippen LogP contribution in [0.15, 0.2) is 42.5 Å². The molecule has 1 aliphatic carbocycles. The molecular formula is C17H20N2O. The van der Waals surface area contributed by atoms with Gasteiger partial charge in [0, 0.05) is 12.1 Å². The summed E-state index contributed by atoms with van der Waals surface area (Å²) in [6.07, 6.45) is 2.34. The summed E-state index contributed by atoms with van der Waals surface area (Å²) in [5.41, 5.74) is 6.63. The van der Waals surface area contributed by atoms with Crippen LogP contribution >= 0.6 is 0 Å². The molecule has 2 N–H and O–H groups in total. The summed E-state index contributed by atoms with van der Waals surface area (Å²) in [5.74, 6) is -0.246. The van der Waals surface area contributed by atoms with Gasteiger partial charge in [-0.1, -0.05) is 36.4 Å². The van der Waals surface area contributed by atoms with Gasteiger partial charge in [0.15, 0.2) is 0 Å². The maximum Gasteiger partial charge on any atom is 0.231 e. The zero-order valence-electron chi connectivity index (χ0n) is 11.8. The first-order valence-electron chi connectivity index (χ1n) is 7.18. The Morgan fingerprint density at radius 3 is 2.60 bits per heavy atom. The number of nitrogens with zero attached hydrogens (tertiary/aromatic N) is 1. The topological polar surface area (TPSA) is 46.3 Å². The molecule has 1 amide bonds. The lowest BCUT2D eigenvalue weighted by molar-refractivity contribution is -0.119. The lowest BCUT2D eigenvalue weighted by Gasteiger charge is -2.28. The van der Waals surface area contributed by atoms with Crippen LogP contribution in [0.1, 0.15) is 31.4 Å². The molecule has 1 atom stereocenters. The Morgan fingerprint density at radius 1 is 1.25 bits per heavy atom. The van der Waals surface area contributed by atoms with Gasteiger partial charge in [-0.05, 0) is 42.2 Å². The standard InChI is InChI=1S/C17H20N2O/c1-12(19(11-17(18)20)16-8-9-16)14-7-6-13-4-2-3-5-15(13)10-14/h2-7,10,12,16H,8-9,11H2,1H3,(H2,18,20)/t12-/m1/s1. The van der Waals surface area contributed by atoms with Gasteiger partial charge < -0.3 is 5.73 Å². The van der Waals surface area contributed by atoms with Crippen LogP contribution in [0.2, 0.25) is 0 Å². The second-order valence-corrected chi connectivity index (χ2v) is 5.65. The van der Waals surface area contributed by atoms with Gasteiger partial charge in [-0.25, -0.2) is 0 Å². The molecule has 1 aliphatic rings. The van der Waals surface area contributed by atoms with Crippen molar-refractivity contribution in [1.82, 2.24) is 4.90 Å². The Balaban J connectivity index is 1.89. The number of primary amides is 1. The Kier molecular flexibility index (Phi) is 3.45. The van der Waals surface area contributed by atoms with E-state index in [0.29, 0.717) is 12.6 Å². The van der Waals surface area contributed by atoms with E-state index in [1.165, 1.54) is 29.2 Å². The molecule has 0 heterocycles. The average molecular weight is 268 g/mol. The maximum absolute atomic E-state index is 11.3. The summed E-state index contributed by atoms with van der Waals surface area (Å²) in [5, 5.41) is 2.49. The minimum Gasteiger partial charge on any atom is -0.369 e. The van der Waals surface area contributed by atoms with Crippen LogP contribution in [-0.4, -0.2) is 23.4 Å². The highest BCUT2D eigenvalue weighted by Crippen LogP contribution is 2.34. The molecule has 2 aromatic rings. The minimum atomic E-state index is -0.246. The molecule has 0 aromatic heterocycles. The Hall–Kier alpha value is -1.87. The molecule has 104 valence electrons. The number of amides is 1. The fourth-order valence-corrected chi connectivity index (χ4v) is 2.83. The third kappa shape index (κ3) is 2.68. The van der Waals surface area contributed by atoms with Crippen molar-refractivity contribution in [3.8, 4) is 0 Å². The number of hydrogen-bond donors (Lipinski definition) is 1. The highest BCUT2D eigenvalue weighted by atomic mass is 16.1. The molecule has 20 heavy (non-hydrogen) atoms. The lowest BCUT2D eigenvalue weighted by Crippen LogP contribution is -2.37. The van der Waals surface area contributed by atoms with Gasteiger partial charge in [0.25, 0.3) is 0 Å². The van der Waals surface area contributed by atoms with Crippen molar-refractivity contribution in [2.24, 2.45) is 5.73 Å². The van der Waals surface area contributed by atoms with E-state index in [1.807, 2.05) is 0 Å². The van der Waals surface area contributed by atoms with E-state index in [9.17, 15) is 4.79 Å². The van der Waals surface area contributed by atoms with Crippen LogP contribution in [0.4, 0.5) is 0 Å². The smallest absolute Gasteiger partial charge is 0.231 e. The summed E-state index contributed by atoms with van der Waals surface area (Å²) < 4.78 is 0. The first-order valence-corrected chi connectivity index (χ1v) is 7.18. The molecule has 0 radical (unpaired) electrons. The summed E-state index contributed by atoms with van der Waals surface area (Å²) in [4.78, 5) is 13.5. The van der Waals surface area contributed by atoms with Crippen molar-refractivity contribution in [2.45, 2.75) is 31.8 Å². The Labute approximate surface area is 119 Å². The van der Waals surface area contributed by atoms with Crippen molar-refractivity contribution in [3.63, 3.8) is 0 Å². The van der Waals surface area contributed by atoms with E-state index in [2.05, 4.69) is 54.3 Å². The van der Waals surface area contributed by atoms with E-state index >= 15 is 0 Å². The average Bonchev–Trinajstić information content (AvgIpc) is 3.28. The van der Waals surface area contributed by atoms with Crippen molar-refractivity contribution in [3.05, 3.63) is 48.0 Å². The highest BCUT2D eigenvalue weighted by molar-refractivity contribution is 5.83. The molecular weight excluding hydrogens is 248 g/mol. The second-order valence-electron chi connectivity index (χ2n) is 5.65. The van der Waals surface area contributed by atoms with Crippen molar-refractivity contribution >= 4 is 16.7 Å². The van der Waals surface area contributed by atoms with Crippen LogP contribution in [0.25, 0.3) is 10.8 Å². The van der Waals surface area contributed by atoms with Crippen LogP contribution in [0, 0.1) is 0 Å². The summed E-state index contributed by atoms with van der Waals surface area (Å²) in [6.45, 7) is 2.50. The quantitative estimate of drug-likeness (QED) is 0.906. The number of benzene rings is 2. The predicted octanol–water partition coefficient (Wildman–Crippen LogP) is 2.85. The normalized spacial score (nSPS) is 16.5. The molecule has 2 aromatic carbocycles. The van der Waals surface area contributed by atoms with Crippen molar-refractivity contribution < 1.29 is 4.79 Å². The molecule has 0 unspecified atom stereocenters. The maximum atomic E-state index is 11.3. The summed E-state index contributed by atoms with van der Waals surface area (Å²) in [6, 6.07) is 15.6. The monoisotopic (exact) mass is 268 g/mol. The zero-order valence-corrected chi connectivity index (χ0v) is 11.8. The lowest BCUT2D eigenvalue weighted by atomic mass is 10.0. The van der Waals surface area contributed by atoms with E-state index < -0.39 is 0 Å². The molecule has 1 fully saturated rings. The number of hydrogen-bond acceptors (Lipinski definition) is 2. The highest BCUT2D eigenvalue weighted by Gasteiger charge is 2.33. The van der Waals surface area contributed by atoms with Crippen molar-refractivity contribution in [1.29, 1.82) is 0 Å². The van der Waals surface area contributed by atoms with Crippen LogP contribution in [-0.2, 0) is 4.79 Å². The zero-order chi connectivity index (χ0) is 14.1. The third-order valence-electron chi connectivity index (χ3n) is 4.11. The molecule has 3 heteroatoms. The fraction of sp³-hybridized carbons (Fsp3) is 0.353. The van der Waals surface area contributed by atoms with Gasteiger partial charge in [0.1, 0.15) is 0 Å². The second kappa shape index (κ2) is 5.25. The van der Waals surface area contributed by atoms with E-state index in [0.717, 1.165) is 0 Å².